The number of anilines is 2. The van der Waals surface area contributed by atoms with Crippen LogP contribution in [0.15, 0.2) is 70.5 Å². The highest BCUT2D eigenvalue weighted by Gasteiger charge is 2.33. The number of nitrogens with one attached hydrogen (secondary N) is 2. The quantitative estimate of drug-likeness (QED) is 0.327. The lowest BCUT2D eigenvalue weighted by Gasteiger charge is -2.13. The molecule has 14 heteroatoms. The smallest absolute Gasteiger partial charge is 0.417 e. The van der Waals surface area contributed by atoms with Crippen molar-refractivity contribution in [3.63, 3.8) is 0 Å². The van der Waals surface area contributed by atoms with Gasteiger partial charge in [-0.2, -0.15) is 13.2 Å². The fourth-order valence-corrected chi connectivity index (χ4v) is 6.06. The number of benzene rings is 3. The summed E-state index contributed by atoms with van der Waals surface area (Å²) in [5.41, 5.74) is -1.45. The summed E-state index contributed by atoms with van der Waals surface area (Å²) in [5, 5.41) is -0.571. The van der Waals surface area contributed by atoms with Crippen molar-refractivity contribution in [1.82, 2.24) is 0 Å². The Labute approximate surface area is 212 Å². The molecule has 0 unspecified atom stereocenters. The van der Waals surface area contributed by atoms with E-state index in [0.29, 0.717) is 15.4 Å². The molecule has 3 rings (SSSR count). The summed E-state index contributed by atoms with van der Waals surface area (Å²) in [6, 6.07) is 11.5. The van der Waals surface area contributed by atoms with Gasteiger partial charge in [0.25, 0.3) is 20.0 Å². The van der Waals surface area contributed by atoms with Crippen molar-refractivity contribution in [2.75, 3.05) is 16.6 Å². The molecule has 2 N–H and O–H groups in total. The van der Waals surface area contributed by atoms with Gasteiger partial charge in [-0.05, 0) is 83.3 Å². The third kappa shape index (κ3) is 6.06. The second-order valence-electron chi connectivity index (χ2n) is 6.72. The second-order valence-corrected chi connectivity index (χ2v) is 11.7. The average molecular weight is 647 g/mol. The van der Waals surface area contributed by atoms with E-state index in [1.807, 2.05) is 27.3 Å². The summed E-state index contributed by atoms with van der Waals surface area (Å²) >= 11 is 7.47. The highest BCUT2D eigenvalue weighted by atomic mass is 127. The Balaban J connectivity index is 1.80. The van der Waals surface area contributed by atoms with E-state index in [1.165, 1.54) is 37.4 Å². The first kappa shape index (κ1) is 26.4. The number of rotatable bonds is 7. The Hall–Kier alpha value is -2.23. The number of hydrogen-bond acceptors (Lipinski definition) is 5. The molecule has 0 aliphatic rings. The van der Waals surface area contributed by atoms with Crippen LogP contribution in [0.2, 0.25) is 5.02 Å². The molecule has 0 heterocycles. The normalized spacial score (nSPS) is 12.3. The number of halogens is 5. The highest BCUT2D eigenvalue weighted by Crippen LogP contribution is 2.36. The van der Waals surface area contributed by atoms with E-state index in [4.69, 9.17) is 16.3 Å². The number of methoxy groups -OCH3 is 1. The van der Waals surface area contributed by atoms with Crippen molar-refractivity contribution in [2.24, 2.45) is 0 Å². The molecular weight excluding hydrogens is 632 g/mol. The molecule has 3 aromatic carbocycles. The van der Waals surface area contributed by atoms with Crippen molar-refractivity contribution in [2.45, 2.75) is 16.0 Å². The molecule has 0 aromatic heterocycles. The largest absolute Gasteiger partial charge is 0.496 e. The fraction of sp³-hybridized carbons (Fsp3) is 0.100. The summed E-state index contributed by atoms with van der Waals surface area (Å²) in [5.74, 6) is 0.504. The second kappa shape index (κ2) is 9.79. The van der Waals surface area contributed by atoms with Crippen LogP contribution in [0, 0.1) is 3.57 Å². The van der Waals surface area contributed by atoms with Crippen LogP contribution in [-0.4, -0.2) is 23.9 Å². The minimum atomic E-state index is -4.76. The Bertz CT molecular complexity index is 1430. The Morgan fingerprint density at radius 2 is 1.35 bits per heavy atom. The van der Waals surface area contributed by atoms with Gasteiger partial charge in [0, 0.05) is 11.4 Å². The first-order valence-corrected chi connectivity index (χ1v) is 13.5. The van der Waals surface area contributed by atoms with E-state index >= 15 is 0 Å². The lowest BCUT2D eigenvalue weighted by molar-refractivity contribution is -0.137. The molecule has 0 radical (unpaired) electrons. The number of hydrogen-bond donors (Lipinski definition) is 2. The van der Waals surface area contributed by atoms with Crippen LogP contribution in [-0.2, 0) is 26.2 Å². The molecule has 0 atom stereocenters. The summed E-state index contributed by atoms with van der Waals surface area (Å²) in [6.45, 7) is 0. The summed E-state index contributed by atoms with van der Waals surface area (Å²) in [4.78, 5) is -0.322. The first-order chi connectivity index (χ1) is 15.7. The molecular formula is C20H15ClF3IN2O5S2. The number of ether oxygens (including phenoxy) is 1. The van der Waals surface area contributed by atoms with Gasteiger partial charge in [0.05, 0.1) is 31.1 Å². The Morgan fingerprint density at radius 1 is 0.824 bits per heavy atom. The molecule has 0 fully saturated rings. The zero-order chi connectivity index (χ0) is 25.3. The molecule has 0 aliphatic heterocycles. The van der Waals surface area contributed by atoms with Gasteiger partial charge in [-0.1, -0.05) is 11.6 Å². The van der Waals surface area contributed by atoms with Crippen LogP contribution in [0.1, 0.15) is 5.56 Å². The van der Waals surface area contributed by atoms with Crippen LogP contribution in [0.5, 0.6) is 5.75 Å². The van der Waals surface area contributed by atoms with Gasteiger partial charge in [0.1, 0.15) is 5.75 Å². The van der Waals surface area contributed by atoms with Crippen LogP contribution < -0.4 is 14.2 Å². The molecule has 0 saturated heterocycles. The molecule has 0 bridgehead atoms. The molecule has 3 aromatic rings. The van der Waals surface area contributed by atoms with Gasteiger partial charge in [0.2, 0.25) is 0 Å². The van der Waals surface area contributed by atoms with Crippen LogP contribution >= 0.6 is 34.2 Å². The van der Waals surface area contributed by atoms with E-state index in [0.717, 1.165) is 24.3 Å². The van der Waals surface area contributed by atoms with Crippen molar-refractivity contribution < 1.29 is 34.7 Å². The maximum atomic E-state index is 13.0. The minimum absolute atomic E-state index is 0.0285. The molecule has 0 saturated carbocycles. The van der Waals surface area contributed by atoms with Gasteiger partial charge in [-0.25, -0.2) is 16.8 Å². The van der Waals surface area contributed by atoms with Crippen molar-refractivity contribution in [3.05, 3.63) is 74.8 Å². The summed E-state index contributed by atoms with van der Waals surface area (Å²) < 4.78 is 99.6. The molecule has 0 spiro atoms. The topological polar surface area (TPSA) is 102 Å². The van der Waals surface area contributed by atoms with Crippen molar-refractivity contribution >= 4 is 65.6 Å². The van der Waals surface area contributed by atoms with Gasteiger partial charge >= 0.3 is 6.18 Å². The molecule has 34 heavy (non-hydrogen) atoms. The van der Waals surface area contributed by atoms with Crippen LogP contribution in [0.25, 0.3) is 0 Å². The Kier molecular flexibility index (Phi) is 7.60. The van der Waals surface area contributed by atoms with Crippen molar-refractivity contribution in [1.29, 1.82) is 0 Å². The lowest BCUT2D eigenvalue weighted by atomic mass is 10.2. The van der Waals surface area contributed by atoms with E-state index in [1.54, 1.807) is 0 Å². The summed E-state index contributed by atoms with van der Waals surface area (Å²) in [6.07, 6.45) is -4.76. The third-order valence-corrected chi connectivity index (χ3v) is 8.32. The van der Waals surface area contributed by atoms with Crippen molar-refractivity contribution in [3.8, 4) is 5.75 Å². The summed E-state index contributed by atoms with van der Waals surface area (Å²) in [7, 11) is -6.79. The molecule has 0 amide bonds. The maximum absolute atomic E-state index is 13.0. The highest BCUT2D eigenvalue weighted by molar-refractivity contribution is 14.1. The average Bonchev–Trinajstić information content (AvgIpc) is 2.74. The van der Waals surface area contributed by atoms with Gasteiger partial charge in [-0.3, -0.25) is 9.44 Å². The molecule has 0 aliphatic carbocycles. The predicted molar refractivity (Wildman–Crippen MR) is 130 cm³/mol. The Morgan fingerprint density at radius 3 is 1.91 bits per heavy atom. The standard InChI is InChI=1S/C20H15ClF3IN2O5S2/c1-32-19-9-7-15(11-18(19)25)34(30,31)26-12-2-5-14(6-3-12)33(28,29)27-13-4-8-17(21)16(10-13)20(22,23)24/h2-11,26-27H,1H3. The molecule has 182 valence electrons. The zero-order valence-electron chi connectivity index (χ0n) is 17.0. The van der Waals surface area contributed by atoms with E-state index in [-0.39, 0.29) is 21.2 Å². The SMILES string of the molecule is COc1ccc(S(=O)(=O)Nc2ccc(S(=O)(=O)Nc3ccc(Cl)c(C(F)(F)F)c3)cc2)cc1I. The number of sulfonamides is 2. The van der Waals surface area contributed by atoms with Crippen LogP contribution in [0.4, 0.5) is 24.5 Å². The molecule has 7 nitrogen and oxygen atoms in total. The van der Waals surface area contributed by atoms with E-state index < -0.39 is 36.8 Å². The maximum Gasteiger partial charge on any atom is 0.417 e. The monoisotopic (exact) mass is 646 g/mol. The van der Waals surface area contributed by atoms with Gasteiger partial charge in [0.15, 0.2) is 0 Å². The van der Waals surface area contributed by atoms with Gasteiger partial charge in [-0.15, -0.1) is 0 Å². The van der Waals surface area contributed by atoms with E-state index in [9.17, 15) is 30.0 Å². The fourth-order valence-electron chi connectivity index (χ4n) is 2.75. The first-order valence-electron chi connectivity index (χ1n) is 9.09. The van der Waals surface area contributed by atoms with Gasteiger partial charge < -0.3 is 4.74 Å². The third-order valence-electron chi connectivity index (χ3n) is 4.37. The predicted octanol–water partition coefficient (Wildman–Crippen LogP) is 5.57. The zero-order valence-corrected chi connectivity index (χ0v) is 21.6. The number of alkyl halides is 3. The lowest BCUT2D eigenvalue weighted by Crippen LogP contribution is -2.15. The van der Waals surface area contributed by atoms with E-state index in [2.05, 4.69) is 4.72 Å². The van der Waals surface area contributed by atoms with Crippen LogP contribution in [0.3, 0.4) is 0 Å². The minimum Gasteiger partial charge on any atom is -0.496 e.